The summed E-state index contributed by atoms with van der Waals surface area (Å²) in [5, 5.41) is 2.94. The minimum atomic E-state index is -2.94. The molecular formula is C9H14BrN3O2S. The van der Waals surface area contributed by atoms with Gasteiger partial charge in [0.05, 0.1) is 22.1 Å². The maximum Gasteiger partial charge on any atom is 0.151 e. The zero-order chi connectivity index (χ0) is 12.2. The number of nitrogen functional groups attached to an aromatic ring is 1. The second kappa shape index (κ2) is 5.49. The van der Waals surface area contributed by atoms with Crippen molar-refractivity contribution in [2.24, 2.45) is 0 Å². The Morgan fingerprint density at radius 3 is 2.81 bits per heavy atom. The monoisotopic (exact) mass is 307 g/mol. The van der Waals surface area contributed by atoms with Gasteiger partial charge in [0.1, 0.15) is 5.82 Å². The molecule has 1 aromatic heterocycles. The molecule has 1 rings (SSSR count). The van der Waals surface area contributed by atoms with Gasteiger partial charge < -0.3 is 11.1 Å². The van der Waals surface area contributed by atoms with E-state index in [1.54, 1.807) is 13.0 Å². The highest BCUT2D eigenvalue weighted by molar-refractivity contribution is 9.10. The van der Waals surface area contributed by atoms with E-state index in [1.807, 2.05) is 0 Å². The normalized spacial score (nSPS) is 11.4. The van der Waals surface area contributed by atoms with Crippen LogP contribution < -0.4 is 11.1 Å². The molecule has 7 heteroatoms. The maximum absolute atomic E-state index is 11.2. The highest BCUT2D eigenvalue weighted by Crippen LogP contribution is 2.21. The molecule has 0 aliphatic carbocycles. The standard InChI is InChI=1S/C9H14BrN3O2S/c1-2-16(14,15)4-3-12-9-8(10)5-7(11)6-13-9/h5-6H,2-4,11H2,1H3,(H,12,13). The molecule has 0 aliphatic heterocycles. The zero-order valence-electron chi connectivity index (χ0n) is 8.90. The van der Waals surface area contributed by atoms with Crippen LogP contribution in [0.1, 0.15) is 6.92 Å². The average Bonchev–Trinajstić information content (AvgIpc) is 2.21. The Kier molecular flexibility index (Phi) is 4.55. The summed E-state index contributed by atoms with van der Waals surface area (Å²) in [6, 6.07) is 1.71. The molecule has 0 radical (unpaired) electrons. The van der Waals surface area contributed by atoms with E-state index in [9.17, 15) is 8.42 Å². The van der Waals surface area contributed by atoms with Gasteiger partial charge in [-0.15, -0.1) is 0 Å². The topological polar surface area (TPSA) is 85.1 Å². The van der Waals surface area contributed by atoms with Gasteiger partial charge in [-0.2, -0.15) is 0 Å². The van der Waals surface area contributed by atoms with Crippen LogP contribution in [0, 0.1) is 0 Å². The summed E-state index contributed by atoms with van der Waals surface area (Å²) >= 11 is 3.29. The first kappa shape index (κ1) is 13.2. The fourth-order valence-electron chi connectivity index (χ4n) is 1.05. The molecule has 0 atom stereocenters. The molecule has 0 saturated heterocycles. The van der Waals surface area contributed by atoms with Crippen molar-refractivity contribution < 1.29 is 8.42 Å². The lowest BCUT2D eigenvalue weighted by Gasteiger charge is -2.07. The second-order valence-electron chi connectivity index (χ2n) is 3.26. The number of nitrogens with two attached hydrogens (primary N) is 1. The molecular weight excluding hydrogens is 294 g/mol. The first-order valence-corrected chi connectivity index (χ1v) is 7.41. The van der Waals surface area contributed by atoms with Gasteiger partial charge in [-0.3, -0.25) is 0 Å². The van der Waals surface area contributed by atoms with Crippen LogP contribution in [0.2, 0.25) is 0 Å². The number of sulfone groups is 1. The van der Waals surface area contributed by atoms with E-state index in [2.05, 4.69) is 26.2 Å². The van der Waals surface area contributed by atoms with E-state index in [4.69, 9.17) is 5.73 Å². The number of rotatable bonds is 5. The van der Waals surface area contributed by atoms with E-state index >= 15 is 0 Å². The Labute approximate surface area is 103 Å². The predicted octanol–water partition coefficient (Wildman–Crippen LogP) is 1.27. The van der Waals surface area contributed by atoms with Crippen molar-refractivity contribution in [3.05, 3.63) is 16.7 Å². The van der Waals surface area contributed by atoms with E-state index in [1.165, 1.54) is 6.20 Å². The molecule has 90 valence electrons. The molecule has 0 spiro atoms. The molecule has 0 bridgehead atoms. The Morgan fingerprint density at radius 2 is 2.25 bits per heavy atom. The fraction of sp³-hybridized carbons (Fsp3) is 0.444. The molecule has 0 aliphatic rings. The van der Waals surface area contributed by atoms with Crippen molar-refractivity contribution in [3.8, 4) is 0 Å². The molecule has 16 heavy (non-hydrogen) atoms. The third kappa shape index (κ3) is 3.97. The summed E-state index contributed by atoms with van der Waals surface area (Å²) in [6.45, 7) is 1.97. The van der Waals surface area contributed by atoms with Gasteiger partial charge in [0.15, 0.2) is 9.84 Å². The Bertz CT molecular complexity index is 462. The van der Waals surface area contributed by atoms with Crippen molar-refractivity contribution in [2.45, 2.75) is 6.92 Å². The number of halogens is 1. The number of anilines is 2. The van der Waals surface area contributed by atoms with Gasteiger partial charge in [0.25, 0.3) is 0 Å². The van der Waals surface area contributed by atoms with Gasteiger partial charge in [-0.1, -0.05) is 6.92 Å². The molecule has 0 aromatic carbocycles. The minimum Gasteiger partial charge on any atom is -0.397 e. The number of nitrogens with one attached hydrogen (secondary N) is 1. The number of nitrogens with zero attached hydrogens (tertiary/aromatic N) is 1. The minimum absolute atomic E-state index is 0.0992. The fourth-order valence-corrected chi connectivity index (χ4v) is 2.26. The van der Waals surface area contributed by atoms with E-state index in [0.717, 1.165) is 4.47 Å². The SMILES string of the molecule is CCS(=O)(=O)CCNc1ncc(N)cc1Br. The molecule has 0 saturated carbocycles. The molecule has 1 aromatic rings. The van der Waals surface area contributed by atoms with Crippen LogP contribution in [-0.4, -0.2) is 31.5 Å². The van der Waals surface area contributed by atoms with Crippen molar-refractivity contribution >= 4 is 37.3 Å². The van der Waals surface area contributed by atoms with Crippen LogP contribution in [0.4, 0.5) is 11.5 Å². The van der Waals surface area contributed by atoms with Crippen molar-refractivity contribution in [2.75, 3.05) is 29.1 Å². The quantitative estimate of drug-likeness (QED) is 0.856. The smallest absolute Gasteiger partial charge is 0.151 e. The van der Waals surface area contributed by atoms with Crippen molar-refractivity contribution in [3.63, 3.8) is 0 Å². The van der Waals surface area contributed by atoms with Gasteiger partial charge in [-0.25, -0.2) is 13.4 Å². The van der Waals surface area contributed by atoms with Crippen LogP contribution in [0.25, 0.3) is 0 Å². The zero-order valence-corrected chi connectivity index (χ0v) is 11.3. The number of aromatic nitrogens is 1. The summed E-state index contributed by atoms with van der Waals surface area (Å²) < 4.78 is 23.2. The Hall–Kier alpha value is -0.820. The predicted molar refractivity (Wildman–Crippen MR) is 69.2 cm³/mol. The van der Waals surface area contributed by atoms with Crippen LogP contribution in [0.15, 0.2) is 16.7 Å². The Balaban J connectivity index is 2.56. The third-order valence-corrected chi connectivity index (χ3v) is 4.32. The van der Waals surface area contributed by atoms with Gasteiger partial charge in [0.2, 0.25) is 0 Å². The van der Waals surface area contributed by atoms with Crippen molar-refractivity contribution in [1.82, 2.24) is 4.98 Å². The summed E-state index contributed by atoms with van der Waals surface area (Å²) in [6.07, 6.45) is 1.52. The number of hydrogen-bond acceptors (Lipinski definition) is 5. The highest BCUT2D eigenvalue weighted by atomic mass is 79.9. The molecule has 5 nitrogen and oxygen atoms in total. The molecule has 1 heterocycles. The van der Waals surface area contributed by atoms with Crippen LogP contribution in [0.3, 0.4) is 0 Å². The number of pyridine rings is 1. The van der Waals surface area contributed by atoms with Gasteiger partial charge in [-0.05, 0) is 22.0 Å². The second-order valence-corrected chi connectivity index (χ2v) is 6.59. The molecule has 0 amide bonds. The largest absolute Gasteiger partial charge is 0.397 e. The Morgan fingerprint density at radius 1 is 1.56 bits per heavy atom. The van der Waals surface area contributed by atoms with Crippen LogP contribution >= 0.6 is 15.9 Å². The molecule has 0 fully saturated rings. The summed E-state index contributed by atoms with van der Waals surface area (Å²) in [5.41, 5.74) is 6.09. The lowest BCUT2D eigenvalue weighted by molar-refractivity contribution is 0.597. The van der Waals surface area contributed by atoms with E-state index in [0.29, 0.717) is 18.1 Å². The lowest BCUT2D eigenvalue weighted by Crippen LogP contribution is -2.17. The lowest BCUT2D eigenvalue weighted by atomic mass is 10.4. The first-order chi connectivity index (χ1) is 7.44. The van der Waals surface area contributed by atoms with Gasteiger partial charge >= 0.3 is 0 Å². The maximum atomic E-state index is 11.2. The third-order valence-electron chi connectivity index (χ3n) is 2.01. The van der Waals surface area contributed by atoms with Gasteiger partial charge in [0, 0.05) is 12.3 Å². The first-order valence-electron chi connectivity index (χ1n) is 4.80. The summed E-state index contributed by atoms with van der Waals surface area (Å²) in [7, 11) is -2.94. The van der Waals surface area contributed by atoms with Crippen LogP contribution in [-0.2, 0) is 9.84 Å². The van der Waals surface area contributed by atoms with Crippen LogP contribution in [0.5, 0.6) is 0 Å². The summed E-state index contributed by atoms with van der Waals surface area (Å²) in [4.78, 5) is 4.05. The molecule has 0 unspecified atom stereocenters. The number of hydrogen-bond donors (Lipinski definition) is 2. The van der Waals surface area contributed by atoms with E-state index < -0.39 is 9.84 Å². The van der Waals surface area contributed by atoms with Crippen molar-refractivity contribution in [1.29, 1.82) is 0 Å². The average molecular weight is 308 g/mol. The highest BCUT2D eigenvalue weighted by Gasteiger charge is 2.07. The molecule has 3 N–H and O–H groups in total. The van der Waals surface area contributed by atoms with E-state index in [-0.39, 0.29) is 11.5 Å². The summed E-state index contributed by atoms with van der Waals surface area (Å²) in [5.74, 6) is 0.855.